The molecule has 2 amide bonds. The summed E-state index contributed by atoms with van der Waals surface area (Å²) in [5.74, 6) is 1.04. The Labute approximate surface area is 159 Å². The molecule has 2 aromatic rings. The second kappa shape index (κ2) is 8.75. The minimum absolute atomic E-state index is 0.0170. The standard InChI is InChI=1S/C21H26N2O4/c1-3-16(2)18-6-4-5-7-19(18)27-15-20(24)22-9-11-23(12-10-22)21(25)17-8-13-26-14-17/h4-8,13-14,16H,3,9-12,15H2,1-2H3. The van der Waals surface area contributed by atoms with Crippen LogP contribution in [-0.4, -0.2) is 54.4 Å². The Morgan fingerprint density at radius 1 is 1.11 bits per heavy atom. The zero-order chi connectivity index (χ0) is 19.2. The molecule has 0 radical (unpaired) electrons. The van der Waals surface area contributed by atoms with E-state index in [0.29, 0.717) is 37.7 Å². The highest BCUT2D eigenvalue weighted by Crippen LogP contribution is 2.28. The molecule has 27 heavy (non-hydrogen) atoms. The van der Waals surface area contributed by atoms with Crippen molar-refractivity contribution in [3.63, 3.8) is 0 Å². The van der Waals surface area contributed by atoms with E-state index in [0.717, 1.165) is 17.7 Å². The fourth-order valence-corrected chi connectivity index (χ4v) is 3.20. The fraction of sp³-hybridized carbons (Fsp3) is 0.429. The highest BCUT2D eigenvalue weighted by atomic mass is 16.5. The smallest absolute Gasteiger partial charge is 0.260 e. The Morgan fingerprint density at radius 2 is 1.81 bits per heavy atom. The van der Waals surface area contributed by atoms with E-state index in [-0.39, 0.29) is 18.4 Å². The number of hydrogen-bond acceptors (Lipinski definition) is 4. The molecule has 144 valence electrons. The number of piperazine rings is 1. The van der Waals surface area contributed by atoms with Crippen molar-refractivity contribution < 1.29 is 18.7 Å². The molecule has 1 unspecified atom stereocenters. The molecule has 1 aromatic heterocycles. The van der Waals surface area contributed by atoms with Gasteiger partial charge in [0, 0.05) is 26.2 Å². The van der Waals surface area contributed by atoms with Crippen LogP contribution in [0, 0.1) is 0 Å². The third kappa shape index (κ3) is 4.51. The van der Waals surface area contributed by atoms with Crippen LogP contribution in [0.4, 0.5) is 0 Å². The summed E-state index contributed by atoms with van der Waals surface area (Å²) in [6, 6.07) is 9.53. The molecular formula is C21H26N2O4. The minimum Gasteiger partial charge on any atom is -0.483 e. The molecule has 0 saturated carbocycles. The molecule has 0 N–H and O–H groups in total. The van der Waals surface area contributed by atoms with Crippen LogP contribution in [0.2, 0.25) is 0 Å². The predicted octanol–water partition coefficient (Wildman–Crippen LogP) is 3.16. The lowest BCUT2D eigenvalue weighted by Crippen LogP contribution is -2.51. The van der Waals surface area contributed by atoms with Crippen molar-refractivity contribution in [2.24, 2.45) is 0 Å². The van der Waals surface area contributed by atoms with Gasteiger partial charge in [-0.15, -0.1) is 0 Å². The minimum atomic E-state index is -0.0606. The molecule has 0 spiro atoms. The van der Waals surface area contributed by atoms with E-state index in [4.69, 9.17) is 9.15 Å². The second-order valence-electron chi connectivity index (χ2n) is 6.82. The highest BCUT2D eigenvalue weighted by Gasteiger charge is 2.25. The van der Waals surface area contributed by atoms with Gasteiger partial charge in [0.15, 0.2) is 6.61 Å². The van der Waals surface area contributed by atoms with Gasteiger partial charge in [0.1, 0.15) is 12.0 Å². The summed E-state index contributed by atoms with van der Waals surface area (Å²) in [7, 11) is 0. The quantitative estimate of drug-likeness (QED) is 0.784. The lowest BCUT2D eigenvalue weighted by molar-refractivity contribution is -0.134. The van der Waals surface area contributed by atoms with Gasteiger partial charge >= 0.3 is 0 Å². The van der Waals surface area contributed by atoms with Crippen LogP contribution in [0.25, 0.3) is 0 Å². The molecule has 1 aliphatic heterocycles. The van der Waals surface area contributed by atoms with Gasteiger partial charge in [-0.1, -0.05) is 32.0 Å². The van der Waals surface area contributed by atoms with Gasteiger partial charge in [-0.2, -0.15) is 0 Å². The van der Waals surface area contributed by atoms with Crippen LogP contribution < -0.4 is 4.74 Å². The summed E-state index contributed by atoms with van der Waals surface area (Å²) < 4.78 is 10.8. The van der Waals surface area contributed by atoms with E-state index in [1.165, 1.54) is 12.5 Å². The van der Waals surface area contributed by atoms with Gasteiger partial charge in [0.2, 0.25) is 0 Å². The van der Waals surface area contributed by atoms with Gasteiger partial charge in [0.05, 0.1) is 11.8 Å². The number of ether oxygens (including phenoxy) is 1. The summed E-state index contributed by atoms with van der Waals surface area (Å²) in [6.45, 7) is 6.36. The third-order valence-corrected chi connectivity index (χ3v) is 5.10. The van der Waals surface area contributed by atoms with Crippen molar-refractivity contribution in [2.45, 2.75) is 26.2 Å². The maximum atomic E-state index is 12.5. The molecule has 0 aliphatic carbocycles. The summed E-state index contributed by atoms with van der Waals surface area (Å²) in [5, 5.41) is 0. The van der Waals surface area contributed by atoms with Gasteiger partial charge in [-0.05, 0) is 30.0 Å². The first-order valence-corrected chi connectivity index (χ1v) is 9.41. The average Bonchev–Trinajstić information content (AvgIpc) is 3.26. The molecule has 1 aliphatic rings. The number of hydrogen-bond donors (Lipinski definition) is 0. The number of carbonyl (C=O) groups is 2. The van der Waals surface area contributed by atoms with Crippen LogP contribution >= 0.6 is 0 Å². The van der Waals surface area contributed by atoms with E-state index in [1.54, 1.807) is 15.9 Å². The number of carbonyl (C=O) groups excluding carboxylic acids is 2. The first-order chi connectivity index (χ1) is 13.1. The second-order valence-corrected chi connectivity index (χ2v) is 6.82. The highest BCUT2D eigenvalue weighted by molar-refractivity contribution is 5.94. The molecule has 1 saturated heterocycles. The Hall–Kier alpha value is -2.76. The first kappa shape index (κ1) is 19.0. The van der Waals surface area contributed by atoms with Crippen molar-refractivity contribution in [3.8, 4) is 5.75 Å². The van der Waals surface area contributed by atoms with Gasteiger partial charge in [0.25, 0.3) is 11.8 Å². The number of rotatable bonds is 6. The van der Waals surface area contributed by atoms with Crippen molar-refractivity contribution in [3.05, 3.63) is 54.0 Å². The van der Waals surface area contributed by atoms with Gasteiger partial charge in [-0.25, -0.2) is 0 Å². The zero-order valence-electron chi connectivity index (χ0n) is 15.9. The fourth-order valence-electron chi connectivity index (χ4n) is 3.20. The number of amides is 2. The monoisotopic (exact) mass is 370 g/mol. The molecule has 1 aromatic carbocycles. The van der Waals surface area contributed by atoms with E-state index in [2.05, 4.69) is 13.8 Å². The topological polar surface area (TPSA) is 63.0 Å². The molecule has 0 bridgehead atoms. The van der Waals surface area contributed by atoms with E-state index in [1.807, 2.05) is 24.3 Å². The number of benzene rings is 1. The molecule has 1 atom stereocenters. The number of furan rings is 1. The van der Waals surface area contributed by atoms with Crippen molar-refractivity contribution in [2.75, 3.05) is 32.8 Å². The maximum absolute atomic E-state index is 12.5. The SMILES string of the molecule is CCC(C)c1ccccc1OCC(=O)N1CCN(C(=O)c2ccoc2)CC1. The third-order valence-electron chi connectivity index (χ3n) is 5.10. The van der Waals surface area contributed by atoms with Crippen LogP contribution in [-0.2, 0) is 4.79 Å². The lowest BCUT2D eigenvalue weighted by Gasteiger charge is -2.34. The summed E-state index contributed by atoms with van der Waals surface area (Å²) in [6.07, 6.45) is 3.95. The Balaban J connectivity index is 1.51. The van der Waals surface area contributed by atoms with Crippen LogP contribution in [0.5, 0.6) is 5.75 Å². The van der Waals surface area contributed by atoms with Gasteiger partial charge < -0.3 is 19.0 Å². The zero-order valence-corrected chi connectivity index (χ0v) is 15.9. The van der Waals surface area contributed by atoms with E-state index in [9.17, 15) is 9.59 Å². The Morgan fingerprint density at radius 3 is 2.48 bits per heavy atom. The molecule has 3 rings (SSSR count). The number of nitrogens with zero attached hydrogens (tertiary/aromatic N) is 2. The van der Waals surface area contributed by atoms with Crippen molar-refractivity contribution in [1.82, 2.24) is 9.80 Å². The first-order valence-electron chi connectivity index (χ1n) is 9.41. The Kier molecular flexibility index (Phi) is 6.16. The van der Waals surface area contributed by atoms with E-state index < -0.39 is 0 Å². The largest absolute Gasteiger partial charge is 0.483 e. The van der Waals surface area contributed by atoms with Gasteiger partial charge in [-0.3, -0.25) is 9.59 Å². The molecule has 6 nitrogen and oxygen atoms in total. The lowest BCUT2D eigenvalue weighted by atomic mass is 9.98. The summed E-state index contributed by atoms with van der Waals surface area (Å²) in [4.78, 5) is 28.3. The predicted molar refractivity (Wildman–Crippen MR) is 102 cm³/mol. The summed E-state index contributed by atoms with van der Waals surface area (Å²) in [5.41, 5.74) is 1.67. The van der Waals surface area contributed by atoms with Crippen LogP contribution in [0.3, 0.4) is 0 Å². The Bertz CT molecular complexity index is 764. The molecule has 6 heteroatoms. The van der Waals surface area contributed by atoms with Crippen LogP contribution in [0.15, 0.2) is 47.3 Å². The van der Waals surface area contributed by atoms with Crippen LogP contribution in [0.1, 0.15) is 42.1 Å². The molecule has 1 fully saturated rings. The molecule has 2 heterocycles. The average molecular weight is 370 g/mol. The number of para-hydroxylation sites is 1. The van der Waals surface area contributed by atoms with Crippen molar-refractivity contribution in [1.29, 1.82) is 0 Å². The van der Waals surface area contributed by atoms with E-state index >= 15 is 0 Å². The van der Waals surface area contributed by atoms with Crippen molar-refractivity contribution >= 4 is 11.8 Å². The normalized spacial score (nSPS) is 15.5. The molecular weight excluding hydrogens is 344 g/mol. The maximum Gasteiger partial charge on any atom is 0.260 e. The summed E-state index contributed by atoms with van der Waals surface area (Å²) >= 11 is 0.